The lowest BCUT2D eigenvalue weighted by Crippen LogP contribution is -2.14. The topological polar surface area (TPSA) is 66.4 Å². The third-order valence-electron chi connectivity index (χ3n) is 2.62. The molecule has 0 atom stereocenters. The van der Waals surface area contributed by atoms with Crippen LogP contribution in [0.5, 0.6) is 0 Å². The molecule has 2 rings (SSSR count). The van der Waals surface area contributed by atoms with Crippen molar-refractivity contribution in [3.05, 3.63) is 50.7 Å². The van der Waals surface area contributed by atoms with Crippen molar-refractivity contribution in [1.82, 2.24) is 0 Å². The number of hydrogen-bond donors (Lipinski definition) is 2. The Morgan fingerprint density at radius 1 is 1.32 bits per heavy atom. The zero-order valence-electron chi connectivity index (χ0n) is 9.94. The molecular formula is C13H10ClNO3S. The molecule has 0 bridgehead atoms. The van der Waals surface area contributed by atoms with Gasteiger partial charge in [-0.1, -0.05) is 17.7 Å². The molecule has 0 aliphatic carbocycles. The zero-order valence-corrected chi connectivity index (χ0v) is 11.5. The molecule has 1 aromatic heterocycles. The van der Waals surface area contributed by atoms with Crippen molar-refractivity contribution in [2.75, 3.05) is 5.32 Å². The van der Waals surface area contributed by atoms with Crippen molar-refractivity contribution in [3.63, 3.8) is 0 Å². The summed E-state index contributed by atoms with van der Waals surface area (Å²) in [5.41, 5.74) is 1.38. The lowest BCUT2D eigenvalue weighted by atomic mass is 10.1. The summed E-state index contributed by atoms with van der Waals surface area (Å²) in [5.74, 6) is -1.44. The van der Waals surface area contributed by atoms with Crippen LogP contribution in [0.4, 0.5) is 5.69 Å². The van der Waals surface area contributed by atoms with Crippen LogP contribution in [-0.2, 0) is 0 Å². The molecule has 19 heavy (non-hydrogen) atoms. The molecule has 98 valence electrons. The second kappa shape index (κ2) is 5.42. The minimum atomic E-state index is -1.06. The molecular weight excluding hydrogens is 286 g/mol. The Kier molecular flexibility index (Phi) is 3.87. The highest BCUT2D eigenvalue weighted by molar-refractivity contribution is 7.12. The average Bonchev–Trinajstić information content (AvgIpc) is 2.80. The molecule has 4 nitrogen and oxygen atoms in total. The number of thiophene rings is 1. The van der Waals surface area contributed by atoms with Crippen LogP contribution in [-0.4, -0.2) is 17.0 Å². The van der Waals surface area contributed by atoms with E-state index in [9.17, 15) is 9.59 Å². The summed E-state index contributed by atoms with van der Waals surface area (Å²) in [4.78, 5) is 23.2. The van der Waals surface area contributed by atoms with Gasteiger partial charge in [0, 0.05) is 10.6 Å². The van der Waals surface area contributed by atoms with Crippen molar-refractivity contribution in [2.45, 2.75) is 6.92 Å². The summed E-state index contributed by atoms with van der Waals surface area (Å²) in [6.45, 7) is 1.74. The van der Waals surface area contributed by atoms with Gasteiger partial charge in [-0.2, -0.15) is 0 Å². The molecule has 0 unspecified atom stereocenters. The highest BCUT2D eigenvalue weighted by atomic mass is 35.5. The molecule has 0 saturated heterocycles. The molecule has 0 spiro atoms. The van der Waals surface area contributed by atoms with Crippen molar-refractivity contribution in [3.8, 4) is 0 Å². The van der Waals surface area contributed by atoms with E-state index in [1.807, 2.05) is 0 Å². The van der Waals surface area contributed by atoms with Gasteiger partial charge in [0.25, 0.3) is 5.91 Å². The summed E-state index contributed by atoms with van der Waals surface area (Å²) in [6.07, 6.45) is 0. The molecule has 1 aromatic carbocycles. The molecule has 0 fully saturated rings. The Hall–Kier alpha value is -1.85. The Balaban J connectivity index is 2.29. The van der Waals surface area contributed by atoms with Crippen LogP contribution in [0.15, 0.2) is 29.6 Å². The van der Waals surface area contributed by atoms with E-state index < -0.39 is 5.97 Å². The number of hydrogen-bond acceptors (Lipinski definition) is 3. The maximum Gasteiger partial charge on any atom is 0.348 e. The number of amides is 1. The van der Waals surface area contributed by atoms with Crippen molar-refractivity contribution in [1.29, 1.82) is 0 Å². The first-order valence-corrected chi connectivity index (χ1v) is 6.63. The van der Waals surface area contributed by atoms with Gasteiger partial charge in [0.05, 0.1) is 5.69 Å². The Labute approximate surface area is 118 Å². The fourth-order valence-electron chi connectivity index (χ4n) is 1.62. The number of anilines is 1. The number of nitrogens with one attached hydrogen (secondary N) is 1. The Bertz CT molecular complexity index is 651. The van der Waals surface area contributed by atoms with E-state index in [1.165, 1.54) is 0 Å². The first-order chi connectivity index (χ1) is 9.00. The van der Waals surface area contributed by atoms with E-state index in [0.29, 0.717) is 21.8 Å². The van der Waals surface area contributed by atoms with Crippen LogP contribution < -0.4 is 5.32 Å². The molecule has 6 heteroatoms. The van der Waals surface area contributed by atoms with E-state index in [-0.39, 0.29) is 10.8 Å². The SMILES string of the molecule is Cc1c(Cl)cccc1C(=O)Nc1ccsc1C(=O)O. The van der Waals surface area contributed by atoms with Crippen LogP contribution >= 0.6 is 22.9 Å². The summed E-state index contributed by atoms with van der Waals surface area (Å²) < 4.78 is 0. The number of rotatable bonds is 3. The summed E-state index contributed by atoms with van der Waals surface area (Å²) >= 11 is 7.01. The third-order valence-corrected chi connectivity index (χ3v) is 3.93. The van der Waals surface area contributed by atoms with Crippen LogP contribution in [0.2, 0.25) is 5.02 Å². The molecule has 2 N–H and O–H groups in total. The number of halogens is 1. The Morgan fingerprint density at radius 3 is 2.74 bits per heavy atom. The smallest absolute Gasteiger partial charge is 0.348 e. The van der Waals surface area contributed by atoms with Gasteiger partial charge in [-0.3, -0.25) is 4.79 Å². The number of carbonyl (C=O) groups excluding carboxylic acids is 1. The lowest BCUT2D eigenvalue weighted by molar-refractivity contribution is 0.0703. The monoisotopic (exact) mass is 295 g/mol. The maximum atomic E-state index is 12.1. The number of carboxylic acid groups (broad SMARTS) is 1. The lowest BCUT2D eigenvalue weighted by Gasteiger charge is -2.08. The molecule has 2 aromatic rings. The van der Waals surface area contributed by atoms with Gasteiger partial charge in [0.15, 0.2) is 0 Å². The van der Waals surface area contributed by atoms with Crippen molar-refractivity contribution in [2.24, 2.45) is 0 Å². The highest BCUT2D eigenvalue weighted by Crippen LogP contribution is 2.24. The molecule has 0 radical (unpaired) electrons. The quantitative estimate of drug-likeness (QED) is 0.908. The summed E-state index contributed by atoms with van der Waals surface area (Å²) in [7, 11) is 0. The van der Waals surface area contributed by atoms with Gasteiger partial charge < -0.3 is 10.4 Å². The predicted octanol–water partition coefficient (Wildman–Crippen LogP) is 3.66. The van der Waals surface area contributed by atoms with E-state index in [4.69, 9.17) is 16.7 Å². The molecule has 0 aliphatic heterocycles. The van der Waals surface area contributed by atoms with Crippen LogP contribution in [0.3, 0.4) is 0 Å². The predicted molar refractivity (Wildman–Crippen MR) is 75.4 cm³/mol. The van der Waals surface area contributed by atoms with Crippen LogP contribution in [0, 0.1) is 6.92 Å². The van der Waals surface area contributed by atoms with E-state index in [2.05, 4.69) is 5.32 Å². The number of aromatic carboxylic acids is 1. The standard InChI is InChI=1S/C13H10ClNO3S/c1-7-8(3-2-4-9(7)14)12(16)15-10-5-6-19-11(10)13(17)18/h2-6H,1H3,(H,15,16)(H,17,18). The van der Waals surface area contributed by atoms with Gasteiger partial charge in [0.1, 0.15) is 4.88 Å². The second-order valence-electron chi connectivity index (χ2n) is 3.84. The maximum absolute atomic E-state index is 12.1. The van der Waals surface area contributed by atoms with Crippen molar-refractivity contribution < 1.29 is 14.7 Å². The van der Waals surface area contributed by atoms with E-state index in [0.717, 1.165) is 11.3 Å². The first-order valence-electron chi connectivity index (χ1n) is 5.38. The highest BCUT2D eigenvalue weighted by Gasteiger charge is 2.16. The van der Waals surface area contributed by atoms with Gasteiger partial charge >= 0.3 is 5.97 Å². The second-order valence-corrected chi connectivity index (χ2v) is 5.16. The van der Waals surface area contributed by atoms with Gasteiger partial charge in [-0.25, -0.2) is 4.79 Å². The van der Waals surface area contributed by atoms with Gasteiger partial charge in [-0.15, -0.1) is 11.3 Å². The Morgan fingerprint density at radius 2 is 2.05 bits per heavy atom. The van der Waals surface area contributed by atoms with E-state index in [1.54, 1.807) is 36.6 Å². The van der Waals surface area contributed by atoms with Crippen LogP contribution in [0.25, 0.3) is 0 Å². The average molecular weight is 296 g/mol. The number of carboxylic acids is 1. The molecule has 0 aliphatic rings. The fraction of sp³-hybridized carbons (Fsp3) is 0.0769. The number of benzene rings is 1. The molecule has 1 heterocycles. The molecule has 0 saturated carbocycles. The minimum absolute atomic E-state index is 0.105. The zero-order chi connectivity index (χ0) is 14.0. The normalized spacial score (nSPS) is 10.2. The first kappa shape index (κ1) is 13.6. The number of carbonyl (C=O) groups is 2. The van der Waals surface area contributed by atoms with E-state index >= 15 is 0 Å². The van der Waals surface area contributed by atoms with Crippen LogP contribution in [0.1, 0.15) is 25.6 Å². The van der Waals surface area contributed by atoms with Gasteiger partial charge in [0.2, 0.25) is 0 Å². The fourth-order valence-corrected chi connectivity index (χ4v) is 2.48. The largest absolute Gasteiger partial charge is 0.477 e. The molecule has 1 amide bonds. The summed E-state index contributed by atoms with van der Waals surface area (Å²) in [5, 5.41) is 13.7. The van der Waals surface area contributed by atoms with Crippen molar-refractivity contribution >= 4 is 40.5 Å². The third kappa shape index (κ3) is 2.77. The minimum Gasteiger partial charge on any atom is -0.477 e. The summed E-state index contributed by atoms with van der Waals surface area (Å²) in [6, 6.07) is 6.58. The van der Waals surface area contributed by atoms with Gasteiger partial charge in [-0.05, 0) is 36.1 Å².